The van der Waals surface area contributed by atoms with Crippen LogP contribution in [-0.2, 0) is 16.0 Å². The number of benzene rings is 1. The predicted octanol–water partition coefficient (Wildman–Crippen LogP) is 2.52. The normalized spacial score (nSPS) is 23.5. The highest BCUT2D eigenvalue weighted by Gasteiger charge is 2.49. The number of likely N-dealkylation sites (tertiary alicyclic amines) is 1. The van der Waals surface area contributed by atoms with Crippen molar-refractivity contribution in [1.82, 2.24) is 10.2 Å². The van der Waals surface area contributed by atoms with E-state index >= 15 is 0 Å². The molecule has 2 fully saturated rings. The Bertz CT molecular complexity index is 597. The van der Waals surface area contributed by atoms with Gasteiger partial charge in [-0.3, -0.25) is 9.59 Å². The summed E-state index contributed by atoms with van der Waals surface area (Å²) in [6, 6.07) is 6.59. The van der Waals surface area contributed by atoms with Crippen LogP contribution in [-0.4, -0.2) is 36.3 Å². The highest BCUT2D eigenvalue weighted by molar-refractivity contribution is 5.92. The third-order valence-electron chi connectivity index (χ3n) is 5.01. The van der Waals surface area contributed by atoms with Gasteiger partial charge in [0.1, 0.15) is 5.82 Å². The lowest BCUT2D eigenvalue weighted by atomic mass is 10.1. The van der Waals surface area contributed by atoms with Crippen LogP contribution in [0.5, 0.6) is 0 Å². The average Bonchev–Trinajstić information content (AvgIpc) is 3.40. The van der Waals surface area contributed by atoms with Gasteiger partial charge in [0.15, 0.2) is 0 Å². The van der Waals surface area contributed by atoms with E-state index in [1.54, 1.807) is 18.2 Å². The zero-order valence-electron chi connectivity index (χ0n) is 14.0. The number of nitrogens with zero attached hydrogens (tertiary/aromatic N) is 1. The molecule has 0 spiro atoms. The summed E-state index contributed by atoms with van der Waals surface area (Å²) in [4.78, 5) is 26.6. The fourth-order valence-electron chi connectivity index (χ4n) is 3.44. The van der Waals surface area contributed by atoms with Crippen LogP contribution < -0.4 is 5.32 Å². The molecule has 2 amide bonds. The summed E-state index contributed by atoms with van der Waals surface area (Å²) >= 11 is 0. The lowest BCUT2D eigenvalue weighted by Crippen LogP contribution is -2.35. The molecular formula is C19H25FN2O2. The molecule has 24 heavy (non-hydrogen) atoms. The van der Waals surface area contributed by atoms with Gasteiger partial charge < -0.3 is 10.2 Å². The molecule has 1 saturated carbocycles. The Morgan fingerprint density at radius 2 is 1.79 bits per heavy atom. The van der Waals surface area contributed by atoms with Crippen molar-refractivity contribution in [3.8, 4) is 0 Å². The zero-order valence-corrected chi connectivity index (χ0v) is 14.0. The Kier molecular flexibility index (Phi) is 5.48. The fourth-order valence-corrected chi connectivity index (χ4v) is 3.44. The summed E-state index contributed by atoms with van der Waals surface area (Å²) in [7, 11) is 0. The molecular weight excluding hydrogens is 307 g/mol. The molecule has 4 nitrogen and oxygen atoms in total. The van der Waals surface area contributed by atoms with Gasteiger partial charge in [0.05, 0.1) is 11.8 Å². The van der Waals surface area contributed by atoms with Gasteiger partial charge in [0.25, 0.3) is 0 Å². The minimum absolute atomic E-state index is 0.0699. The number of hydrogen-bond donors (Lipinski definition) is 1. The van der Waals surface area contributed by atoms with Crippen molar-refractivity contribution in [2.75, 3.05) is 19.6 Å². The van der Waals surface area contributed by atoms with Crippen LogP contribution >= 0.6 is 0 Å². The van der Waals surface area contributed by atoms with Crippen molar-refractivity contribution >= 4 is 11.8 Å². The van der Waals surface area contributed by atoms with Gasteiger partial charge in [0, 0.05) is 19.6 Å². The average molecular weight is 332 g/mol. The van der Waals surface area contributed by atoms with E-state index in [1.807, 2.05) is 4.90 Å². The molecule has 1 aliphatic heterocycles. The number of rotatable bonds is 5. The standard InChI is InChI=1S/C19H25FN2O2/c20-17-8-4-3-7-14(17)9-10-21-18(23)15-13-16(15)19(24)22-11-5-1-2-6-12-22/h3-4,7-8,15-16H,1-2,5-6,9-13H2,(H,21,23). The molecule has 130 valence electrons. The summed E-state index contributed by atoms with van der Waals surface area (Å²) < 4.78 is 13.5. The SMILES string of the molecule is O=C(NCCc1ccccc1F)C1CC1C(=O)N1CCCCCC1. The predicted molar refractivity (Wildman–Crippen MR) is 89.8 cm³/mol. The Balaban J connectivity index is 1.42. The van der Waals surface area contributed by atoms with Crippen LogP contribution in [0.3, 0.4) is 0 Å². The summed E-state index contributed by atoms with van der Waals surface area (Å²) in [5.41, 5.74) is 0.603. The first-order valence-corrected chi connectivity index (χ1v) is 8.96. The molecule has 2 atom stereocenters. The first kappa shape index (κ1) is 16.9. The van der Waals surface area contributed by atoms with E-state index in [-0.39, 0.29) is 29.5 Å². The van der Waals surface area contributed by atoms with Crippen LogP contribution in [0.1, 0.15) is 37.7 Å². The lowest BCUT2D eigenvalue weighted by Gasteiger charge is -2.20. The molecule has 1 heterocycles. The van der Waals surface area contributed by atoms with Crippen molar-refractivity contribution in [1.29, 1.82) is 0 Å². The second kappa shape index (κ2) is 7.77. The van der Waals surface area contributed by atoms with Crippen molar-refractivity contribution in [2.45, 2.75) is 38.5 Å². The van der Waals surface area contributed by atoms with E-state index in [4.69, 9.17) is 0 Å². The number of hydrogen-bond acceptors (Lipinski definition) is 2. The molecule has 3 rings (SSSR count). The Morgan fingerprint density at radius 1 is 1.08 bits per heavy atom. The minimum Gasteiger partial charge on any atom is -0.356 e. The van der Waals surface area contributed by atoms with Crippen LogP contribution in [0.2, 0.25) is 0 Å². The van der Waals surface area contributed by atoms with Crippen molar-refractivity contribution in [3.05, 3.63) is 35.6 Å². The molecule has 1 aliphatic carbocycles. The minimum atomic E-state index is -0.243. The largest absolute Gasteiger partial charge is 0.356 e. The van der Waals surface area contributed by atoms with Crippen molar-refractivity contribution < 1.29 is 14.0 Å². The maximum Gasteiger partial charge on any atom is 0.226 e. The van der Waals surface area contributed by atoms with E-state index in [9.17, 15) is 14.0 Å². The van der Waals surface area contributed by atoms with E-state index < -0.39 is 0 Å². The van der Waals surface area contributed by atoms with Gasteiger partial charge in [-0.1, -0.05) is 31.0 Å². The summed E-state index contributed by atoms with van der Waals surface area (Å²) in [6.07, 6.45) is 5.63. The highest BCUT2D eigenvalue weighted by Crippen LogP contribution is 2.40. The van der Waals surface area contributed by atoms with Gasteiger partial charge in [-0.25, -0.2) is 4.39 Å². The van der Waals surface area contributed by atoms with Gasteiger partial charge in [-0.15, -0.1) is 0 Å². The molecule has 0 aromatic heterocycles. The molecule has 1 aromatic carbocycles. The fraction of sp³-hybridized carbons (Fsp3) is 0.579. The first-order valence-electron chi connectivity index (χ1n) is 8.96. The van der Waals surface area contributed by atoms with Crippen molar-refractivity contribution in [2.24, 2.45) is 11.8 Å². The van der Waals surface area contributed by atoms with Gasteiger partial charge in [0.2, 0.25) is 11.8 Å². The molecule has 0 bridgehead atoms. The number of amides is 2. The molecule has 0 radical (unpaired) electrons. The quantitative estimate of drug-likeness (QED) is 0.901. The molecule has 1 N–H and O–H groups in total. The van der Waals surface area contributed by atoms with E-state index in [1.165, 1.54) is 18.9 Å². The number of halogens is 1. The van der Waals surface area contributed by atoms with E-state index in [2.05, 4.69) is 5.32 Å². The molecule has 2 aliphatic rings. The lowest BCUT2D eigenvalue weighted by molar-refractivity contribution is -0.134. The summed E-state index contributed by atoms with van der Waals surface area (Å²) in [6.45, 7) is 2.06. The molecule has 1 saturated heterocycles. The number of carbonyl (C=O) groups excluding carboxylic acids is 2. The first-order chi connectivity index (χ1) is 11.7. The van der Waals surface area contributed by atoms with Crippen LogP contribution in [0.15, 0.2) is 24.3 Å². The topological polar surface area (TPSA) is 49.4 Å². The summed E-state index contributed by atoms with van der Waals surface area (Å²) in [5, 5.41) is 2.84. The van der Waals surface area contributed by atoms with E-state index in [0.717, 1.165) is 25.9 Å². The second-order valence-corrected chi connectivity index (χ2v) is 6.82. The third kappa shape index (κ3) is 4.13. The smallest absolute Gasteiger partial charge is 0.226 e. The molecule has 2 unspecified atom stereocenters. The van der Waals surface area contributed by atoms with Crippen molar-refractivity contribution in [3.63, 3.8) is 0 Å². The molecule has 5 heteroatoms. The van der Waals surface area contributed by atoms with Gasteiger partial charge in [-0.2, -0.15) is 0 Å². The Hall–Kier alpha value is -1.91. The van der Waals surface area contributed by atoms with Crippen LogP contribution in [0.4, 0.5) is 4.39 Å². The number of carbonyl (C=O) groups is 2. The third-order valence-corrected chi connectivity index (χ3v) is 5.01. The monoisotopic (exact) mass is 332 g/mol. The van der Waals surface area contributed by atoms with Gasteiger partial charge in [-0.05, 0) is 37.3 Å². The van der Waals surface area contributed by atoms with E-state index in [0.29, 0.717) is 24.9 Å². The Labute approximate surface area is 142 Å². The van der Waals surface area contributed by atoms with Gasteiger partial charge >= 0.3 is 0 Å². The maximum absolute atomic E-state index is 13.5. The molecule has 1 aromatic rings. The van der Waals surface area contributed by atoms with Crippen LogP contribution in [0, 0.1) is 17.7 Å². The number of nitrogens with one attached hydrogen (secondary N) is 1. The van der Waals surface area contributed by atoms with Crippen LogP contribution in [0.25, 0.3) is 0 Å². The Morgan fingerprint density at radius 3 is 2.50 bits per heavy atom. The maximum atomic E-state index is 13.5. The zero-order chi connectivity index (χ0) is 16.9. The summed E-state index contributed by atoms with van der Waals surface area (Å²) in [5.74, 6) is -0.504. The second-order valence-electron chi connectivity index (χ2n) is 6.82. The highest BCUT2D eigenvalue weighted by atomic mass is 19.1.